The zero-order valence-corrected chi connectivity index (χ0v) is 17.4. The van der Waals surface area contributed by atoms with E-state index in [0.717, 1.165) is 17.7 Å². The molecule has 0 amide bonds. The predicted octanol–water partition coefficient (Wildman–Crippen LogP) is 5.64. The Morgan fingerprint density at radius 3 is 2.59 bits per heavy atom. The van der Waals surface area contributed by atoms with Crippen molar-refractivity contribution in [3.05, 3.63) is 30.0 Å². The highest BCUT2D eigenvalue weighted by Gasteiger charge is 2.33. The van der Waals surface area contributed by atoms with E-state index in [2.05, 4.69) is 30.5 Å². The fourth-order valence-corrected chi connectivity index (χ4v) is 4.26. The largest absolute Gasteiger partial charge is 0.475 e. The molecule has 1 aliphatic rings. The Labute approximate surface area is 162 Å². The molecule has 0 spiro atoms. The Kier molecular flexibility index (Phi) is 5.55. The molecule has 2 aromatic rings. The fraction of sp³-hybridized carbons (Fsp3) is 0.609. The lowest BCUT2D eigenvalue weighted by atomic mass is 9.75. The highest BCUT2D eigenvalue weighted by atomic mass is 16.6. The quantitative estimate of drug-likeness (QED) is 0.617. The Balaban J connectivity index is 1.92. The SMILES string of the molecule is CCOC(=O)C(C)(C)Oc1cccc2c1cc(C)n2CC1(C)CCCCC1. The van der Waals surface area contributed by atoms with Crippen LogP contribution in [-0.2, 0) is 16.1 Å². The van der Waals surface area contributed by atoms with Gasteiger partial charge >= 0.3 is 5.97 Å². The van der Waals surface area contributed by atoms with Crippen molar-refractivity contribution in [1.82, 2.24) is 4.57 Å². The number of aromatic nitrogens is 1. The number of esters is 1. The number of hydrogen-bond donors (Lipinski definition) is 0. The van der Waals surface area contributed by atoms with Crippen LogP contribution in [0.2, 0.25) is 0 Å². The van der Waals surface area contributed by atoms with Gasteiger partial charge in [0.2, 0.25) is 0 Å². The summed E-state index contributed by atoms with van der Waals surface area (Å²) in [5.41, 5.74) is 1.75. The summed E-state index contributed by atoms with van der Waals surface area (Å²) in [6, 6.07) is 8.28. The Hall–Kier alpha value is -1.97. The highest BCUT2D eigenvalue weighted by molar-refractivity contribution is 5.88. The average molecular weight is 372 g/mol. The summed E-state index contributed by atoms with van der Waals surface area (Å²) in [5, 5.41) is 1.06. The van der Waals surface area contributed by atoms with E-state index in [-0.39, 0.29) is 5.97 Å². The summed E-state index contributed by atoms with van der Waals surface area (Å²) in [4.78, 5) is 12.2. The number of hydrogen-bond acceptors (Lipinski definition) is 3. The number of nitrogens with zero attached hydrogens (tertiary/aromatic N) is 1. The molecule has 0 atom stereocenters. The van der Waals surface area contributed by atoms with E-state index >= 15 is 0 Å². The van der Waals surface area contributed by atoms with Crippen LogP contribution in [0.5, 0.6) is 5.75 Å². The molecule has 4 nitrogen and oxygen atoms in total. The molecule has 0 N–H and O–H groups in total. The second kappa shape index (κ2) is 7.57. The normalized spacial score (nSPS) is 17.1. The zero-order chi connectivity index (χ0) is 19.7. The lowest BCUT2D eigenvalue weighted by Crippen LogP contribution is -2.39. The van der Waals surface area contributed by atoms with Crippen molar-refractivity contribution in [2.75, 3.05) is 6.61 Å². The third-order valence-corrected chi connectivity index (χ3v) is 5.85. The number of rotatable bonds is 6. The molecule has 3 rings (SSSR count). The van der Waals surface area contributed by atoms with Crippen LogP contribution >= 0.6 is 0 Å². The molecule has 0 aliphatic heterocycles. The summed E-state index contributed by atoms with van der Waals surface area (Å²) < 4.78 is 13.7. The van der Waals surface area contributed by atoms with E-state index in [0.29, 0.717) is 12.0 Å². The monoisotopic (exact) mass is 371 g/mol. The van der Waals surface area contributed by atoms with E-state index in [1.165, 1.54) is 43.3 Å². The summed E-state index contributed by atoms with van der Waals surface area (Å²) in [6.45, 7) is 11.3. The molecule has 1 saturated carbocycles. The molecule has 1 aromatic carbocycles. The van der Waals surface area contributed by atoms with Crippen LogP contribution in [0.3, 0.4) is 0 Å². The molecule has 0 bridgehead atoms. The van der Waals surface area contributed by atoms with Crippen molar-refractivity contribution < 1.29 is 14.3 Å². The Morgan fingerprint density at radius 2 is 1.93 bits per heavy atom. The Bertz CT molecular complexity index is 812. The first-order chi connectivity index (χ1) is 12.8. The number of ether oxygens (including phenoxy) is 2. The predicted molar refractivity (Wildman–Crippen MR) is 109 cm³/mol. The van der Waals surface area contributed by atoms with Gasteiger partial charge in [0.15, 0.2) is 5.60 Å². The Morgan fingerprint density at radius 1 is 1.22 bits per heavy atom. The zero-order valence-electron chi connectivity index (χ0n) is 17.4. The number of carbonyl (C=O) groups is 1. The smallest absolute Gasteiger partial charge is 0.349 e. The van der Waals surface area contributed by atoms with E-state index in [1.807, 2.05) is 19.1 Å². The maximum atomic E-state index is 12.2. The third-order valence-electron chi connectivity index (χ3n) is 5.85. The van der Waals surface area contributed by atoms with Gasteiger partial charge in [0.1, 0.15) is 5.75 Å². The number of aryl methyl sites for hydroxylation is 1. The molecular weight excluding hydrogens is 338 g/mol. The van der Waals surface area contributed by atoms with Crippen molar-refractivity contribution in [3.63, 3.8) is 0 Å². The van der Waals surface area contributed by atoms with Crippen molar-refractivity contribution in [1.29, 1.82) is 0 Å². The van der Waals surface area contributed by atoms with Crippen LogP contribution < -0.4 is 4.74 Å². The second-order valence-electron chi connectivity index (χ2n) is 8.76. The standard InChI is InChI=1S/C23H33NO3/c1-6-26-21(25)22(3,4)27-20-12-10-11-19-18(20)15-17(2)24(19)16-23(5)13-8-7-9-14-23/h10-12,15H,6-9,13-14,16H2,1-5H3. The van der Waals surface area contributed by atoms with Crippen molar-refractivity contribution in [2.24, 2.45) is 5.41 Å². The highest BCUT2D eigenvalue weighted by Crippen LogP contribution is 2.39. The molecule has 1 aliphatic carbocycles. The molecule has 148 valence electrons. The molecule has 1 heterocycles. The first-order valence-corrected chi connectivity index (χ1v) is 10.2. The van der Waals surface area contributed by atoms with Gasteiger partial charge in [-0.05, 0) is 64.2 Å². The molecule has 1 fully saturated rings. The van der Waals surface area contributed by atoms with Gasteiger partial charge in [-0.25, -0.2) is 4.79 Å². The summed E-state index contributed by atoms with van der Waals surface area (Å²) >= 11 is 0. The van der Waals surface area contributed by atoms with Crippen LogP contribution in [0.1, 0.15) is 65.5 Å². The van der Waals surface area contributed by atoms with Gasteiger partial charge in [-0.3, -0.25) is 0 Å². The molecule has 0 saturated heterocycles. The lowest BCUT2D eigenvalue weighted by Gasteiger charge is -2.34. The van der Waals surface area contributed by atoms with Crippen molar-refractivity contribution in [3.8, 4) is 5.75 Å². The van der Waals surface area contributed by atoms with E-state index < -0.39 is 5.60 Å². The van der Waals surface area contributed by atoms with Crippen molar-refractivity contribution in [2.45, 2.75) is 78.9 Å². The van der Waals surface area contributed by atoms with Crippen LogP contribution in [0, 0.1) is 12.3 Å². The van der Waals surface area contributed by atoms with Gasteiger partial charge in [-0.15, -0.1) is 0 Å². The average Bonchev–Trinajstić information content (AvgIpc) is 2.92. The number of carbonyl (C=O) groups excluding carboxylic acids is 1. The summed E-state index contributed by atoms with van der Waals surface area (Å²) in [7, 11) is 0. The number of benzene rings is 1. The van der Waals surface area contributed by atoms with Gasteiger partial charge in [-0.2, -0.15) is 0 Å². The van der Waals surface area contributed by atoms with Crippen LogP contribution in [-0.4, -0.2) is 22.7 Å². The van der Waals surface area contributed by atoms with Gasteiger partial charge in [0.05, 0.1) is 12.1 Å². The molecule has 27 heavy (non-hydrogen) atoms. The lowest BCUT2D eigenvalue weighted by molar-refractivity contribution is -0.158. The minimum Gasteiger partial charge on any atom is -0.475 e. The van der Waals surface area contributed by atoms with Crippen LogP contribution in [0.25, 0.3) is 10.9 Å². The minimum absolute atomic E-state index is 0.340. The third kappa shape index (κ3) is 4.15. The first-order valence-electron chi connectivity index (χ1n) is 10.2. The maximum absolute atomic E-state index is 12.2. The molecule has 1 aromatic heterocycles. The number of fused-ring (bicyclic) bond motifs is 1. The topological polar surface area (TPSA) is 40.5 Å². The van der Waals surface area contributed by atoms with Crippen LogP contribution in [0.15, 0.2) is 24.3 Å². The van der Waals surface area contributed by atoms with E-state index in [9.17, 15) is 4.79 Å². The minimum atomic E-state index is -1.02. The van der Waals surface area contributed by atoms with Gasteiger partial charge in [0.25, 0.3) is 0 Å². The van der Waals surface area contributed by atoms with Crippen LogP contribution in [0.4, 0.5) is 0 Å². The second-order valence-corrected chi connectivity index (χ2v) is 8.76. The molecular formula is C23H33NO3. The van der Waals surface area contributed by atoms with E-state index in [1.54, 1.807) is 13.8 Å². The van der Waals surface area contributed by atoms with Gasteiger partial charge in [0, 0.05) is 17.6 Å². The van der Waals surface area contributed by atoms with Gasteiger partial charge < -0.3 is 14.0 Å². The van der Waals surface area contributed by atoms with Crippen molar-refractivity contribution >= 4 is 16.9 Å². The fourth-order valence-electron chi connectivity index (χ4n) is 4.26. The summed E-state index contributed by atoms with van der Waals surface area (Å²) in [5.74, 6) is 0.397. The molecule has 0 radical (unpaired) electrons. The molecule has 0 unspecified atom stereocenters. The summed E-state index contributed by atoms with van der Waals surface area (Å²) in [6.07, 6.45) is 6.60. The molecule has 4 heteroatoms. The van der Waals surface area contributed by atoms with E-state index in [4.69, 9.17) is 9.47 Å². The first kappa shape index (κ1) is 19.8. The maximum Gasteiger partial charge on any atom is 0.349 e. The van der Waals surface area contributed by atoms with Gasteiger partial charge in [-0.1, -0.05) is 32.3 Å².